The molecule has 0 saturated carbocycles. The highest BCUT2D eigenvalue weighted by molar-refractivity contribution is 5.85. The van der Waals surface area contributed by atoms with Crippen LogP contribution in [0.2, 0.25) is 0 Å². The minimum atomic E-state index is -0.441. The fourth-order valence-corrected chi connectivity index (χ4v) is 3.49. The number of benzene rings is 2. The quantitative estimate of drug-likeness (QED) is 0.230. The molecule has 0 heterocycles. The van der Waals surface area contributed by atoms with E-state index in [4.69, 9.17) is 23.7 Å². The number of hydrogen-bond acceptors (Lipinski definition) is 5. The van der Waals surface area contributed by atoms with Gasteiger partial charge in [0.05, 0.1) is 45.2 Å². The molecular weight excluding hydrogens is 392 g/mol. The molecule has 2 rings (SSSR count). The van der Waals surface area contributed by atoms with Crippen LogP contribution in [-0.2, 0) is 23.7 Å². The Morgan fingerprint density at radius 3 is 2.00 bits per heavy atom. The lowest BCUT2D eigenvalue weighted by Gasteiger charge is -2.31. The molecule has 5 nitrogen and oxygen atoms in total. The summed E-state index contributed by atoms with van der Waals surface area (Å²) in [7, 11) is 0. The van der Waals surface area contributed by atoms with Gasteiger partial charge >= 0.3 is 0 Å². The average molecular weight is 433 g/mol. The molecular formula is C26H40O5. The zero-order valence-electron chi connectivity index (χ0n) is 19.7. The monoisotopic (exact) mass is 432 g/mol. The summed E-state index contributed by atoms with van der Waals surface area (Å²) in [6, 6.07) is 14.6. The van der Waals surface area contributed by atoms with Crippen LogP contribution >= 0.6 is 0 Å². The third-order valence-electron chi connectivity index (χ3n) is 4.94. The SMILES string of the molecule is CCCOCCOCCOCCOC(OC(C)(C)CCC)c1cccc2ccccc12. The molecule has 0 aliphatic carbocycles. The van der Waals surface area contributed by atoms with Gasteiger partial charge in [0.15, 0.2) is 6.29 Å². The van der Waals surface area contributed by atoms with Crippen molar-refractivity contribution in [3.63, 3.8) is 0 Å². The van der Waals surface area contributed by atoms with E-state index in [0.29, 0.717) is 39.6 Å². The van der Waals surface area contributed by atoms with Gasteiger partial charge in [-0.25, -0.2) is 0 Å². The number of rotatable bonds is 17. The van der Waals surface area contributed by atoms with E-state index in [1.165, 1.54) is 5.39 Å². The summed E-state index contributed by atoms with van der Waals surface area (Å²) in [5.41, 5.74) is 0.781. The van der Waals surface area contributed by atoms with Crippen molar-refractivity contribution in [2.24, 2.45) is 0 Å². The number of ether oxygens (including phenoxy) is 5. The Labute approximate surface area is 188 Å². The van der Waals surface area contributed by atoms with Gasteiger partial charge in [-0.2, -0.15) is 0 Å². The fourth-order valence-electron chi connectivity index (χ4n) is 3.49. The van der Waals surface area contributed by atoms with Crippen LogP contribution in [0.15, 0.2) is 42.5 Å². The van der Waals surface area contributed by atoms with Crippen molar-refractivity contribution in [2.75, 3.05) is 46.2 Å². The second-order valence-corrected chi connectivity index (χ2v) is 8.24. The maximum atomic E-state index is 6.45. The molecule has 5 heteroatoms. The number of fused-ring (bicyclic) bond motifs is 1. The summed E-state index contributed by atoms with van der Waals surface area (Å²) in [5.74, 6) is 0. The summed E-state index contributed by atoms with van der Waals surface area (Å²) < 4.78 is 29.2. The maximum Gasteiger partial charge on any atom is 0.185 e. The molecule has 0 aliphatic heterocycles. The summed E-state index contributed by atoms with van der Waals surface area (Å²) in [5, 5.41) is 2.34. The van der Waals surface area contributed by atoms with Crippen LogP contribution in [0.4, 0.5) is 0 Å². The first kappa shape index (κ1) is 25.8. The van der Waals surface area contributed by atoms with Crippen LogP contribution in [0.25, 0.3) is 10.8 Å². The molecule has 0 fully saturated rings. The van der Waals surface area contributed by atoms with Crippen LogP contribution in [0.3, 0.4) is 0 Å². The van der Waals surface area contributed by atoms with Gasteiger partial charge in [0.2, 0.25) is 0 Å². The van der Waals surface area contributed by atoms with Crippen LogP contribution < -0.4 is 0 Å². The van der Waals surface area contributed by atoms with Crippen molar-refractivity contribution in [2.45, 2.75) is 58.8 Å². The average Bonchev–Trinajstić information content (AvgIpc) is 2.76. The summed E-state index contributed by atoms with van der Waals surface area (Å²) in [6.07, 6.45) is 2.61. The topological polar surface area (TPSA) is 46.2 Å². The molecule has 0 spiro atoms. The predicted molar refractivity (Wildman–Crippen MR) is 125 cm³/mol. The van der Waals surface area contributed by atoms with Crippen molar-refractivity contribution in [3.05, 3.63) is 48.0 Å². The Morgan fingerprint density at radius 1 is 0.710 bits per heavy atom. The van der Waals surface area contributed by atoms with Crippen molar-refractivity contribution >= 4 is 10.8 Å². The van der Waals surface area contributed by atoms with Gasteiger partial charge in [-0.15, -0.1) is 0 Å². The van der Waals surface area contributed by atoms with Crippen molar-refractivity contribution in [1.29, 1.82) is 0 Å². The second kappa shape index (κ2) is 14.5. The molecule has 1 unspecified atom stereocenters. The van der Waals surface area contributed by atoms with Crippen molar-refractivity contribution in [3.8, 4) is 0 Å². The third kappa shape index (κ3) is 9.67. The Hall–Kier alpha value is -1.50. The van der Waals surface area contributed by atoms with Gasteiger partial charge in [-0.3, -0.25) is 0 Å². The minimum absolute atomic E-state index is 0.273. The van der Waals surface area contributed by atoms with Gasteiger partial charge in [0, 0.05) is 12.2 Å². The van der Waals surface area contributed by atoms with Crippen LogP contribution in [-0.4, -0.2) is 51.8 Å². The molecule has 0 aliphatic rings. The highest BCUT2D eigenvalue weighted by atomic mass is 16.7. The van der Waals surface area contributed by atoms with E-state index in [0.717, 1.165) is 36.8 Å². The standard InChI is InChI=1S/C26H40O5/c1-5-14-26(3,4)31-25(24-13-9-11-22-10-7-8-12-23(22)24)30-21-20-29-19-18-28-17-16-27-15-6-2/h7-13,25H,5-6,14-21H2,1-4H3. The van der Waals surface area contributed by atoms with E-state index in [1.807, 2.05) is 0 Å². The summed E-state index contributed by atoms with van der Waals surface area (Å²) in [6.45, 7) is 12.6. The molecule has 0 N–H and O–H groups in total. The Balaban J connectivity index is 1.85. The first-order valence-corrected chi connectivity index (χ1v) is 11.6. The zero-order valence-corrected chi connectivity index (χ0v) is 19.7. The first-order valence-electron chi connectivity index (χ1n) is 11.6. The minimum Gasteiger partial charge on any atom is -0.379 e. The normalized spacial score (nSPS) is 13.0. The smallest absolute Gasteiger partial charge is 0.185 e. The molecule has 0 aromatic heterocycles. The van der Waals surface area contributed by atoms with Gasteiger partial charge in [0.1, 0.15) is 0 Å². The van der Waals surface area contributed by atoms with Crippen molar-refractivity contribution in [1.82, 2.24) is 0 Å². The highest BCUT2D eigenvalue weighted by Crippen LogP contribution is 2.32. The van der Waals surface area contributed by atoms with Gasteiger partial charge < -0.3 is 23.7 Å². The van der Waals surface area contributed by atoms with Crippen LogP contribution in [0.1, 0.15) is 58.8 Å². The molecule has 0 radical (unpaired) electrons. The van der Waals surface area contributed by atoms with E-state index >= 15 is 0 Å². The van der Waals surface area contributed by atoms with Gasteiger partial charge in [0.25, 0.3) is 0 Å². The largest absolute Gasteiger partial charge is 0.379 e. The zero-order chi connectivity index (χ0) is 22.4. The van der Waals surface area contributed by atoms with E-state index in [9.17, 15) is 0 Å². The van der Waals surface area contributed by atoms with Crippen molar-refractivity contribution < 1.29 is 23.7 Å². The lowest BCUT2D eigenvalue weighted by molar-refractivity contribution is -0.211. The van der Waals surface area contributed by atoms with Crippen LogP contribution in [0.5, 0.6) is 0 Å². The van der Waals surface area contributed by atoms with E-state index < -0.39 is 6.29 Å². The summed E-state index contributed by atoms with van der Waals surface area (Å²) >= 11 is 0. The molecule has 0 bridgehead atoms. The highest BCUT2D eigenvalue weighted by Gasteiger charge is 2.25. The second-order valence-electron chi connectivity index (χ2n) is 8.24. The lowest BCUT2D eigenvalue weighted by Crippen LogP contribution is -2.28. The van der Waals surface area contributed by atoms with Gasteiger partial charge in [-0.1, -0.05) is 62.7 Å². The third-order valence-corrected chi connectivity index (χ3v) is 4.94. The van der Waals surface area contributed by atoms with Crippen LogP contribution in [0, 0.1) is 0 Å². The Morgan fingerprint density at radius 2 is 1.32 bits per heavy atom. The van der Waals surface area contributed by atoms with Gasteiger partial charge in [-0.05, 0) is 37.5 Å². The molecule has 0 amide bonds. The molecule has 2 aromatic rings. The first-order chi connectivity index (χ1) is 15.1. The Kier molecular flexibility index (Phi) is 12.1. The molecule has 174 valence electrons. The summed E-state index contributed by atoms with van der Waals surface area (Å²) in [4.78, 5) is 0. The fraction of sp³-hybridized carbons (Fsp3) is 0.615. The van der Waals surface area contributed by atoms with E-state index in [-0.39, 0.29) is 5.60 Å². The number of hydrogen-bond donors (Lipinski definition) is 0. The molecule has 1 atom stereocenters. The Bertz CT molecular complexity index is 725. The molecule has 2 aromatic carbocycles. The van der Waals surface area contributed by atoms with E-state index in [1.54, 1.807) is 0 Å². The lowest BCUT2D eigenvalue weighted by atomic mass is 10.0. The van der Waals surface area contributed by atoms with E-state index in [2.05, 4.69) is 70.2 Å². The predicted octanol–water partition coefficient (Wildman–Crippen LogP) is 5.91. The molecule has 0 saturated heterocycles. The maximum absolute atomic E-state index is 6.45. The molecule has 31 heavy (non-hydrogen) atoms.